The third kappa shape index (κ3) is 3.07. The van der Waals surface area contributed by atoms with Crippen LogP contribution in [0.1, 0.15) is 59.3 Å². The summed E-state index contributed by atoms with van der Waals surface area (Å²) in [4.78, 5) is 12.3. The lowest BCUT2D eigenvalue weighted by Crippen LogP contribution is -2.42. The van der Waals surface area contributed by atoms with E-state index in [1.807, 2.05) is 0 Å². The Morgan fingerprint density at radius 2 is 2.00 bits per heavy atom. The second-order valence-electron chi connectivity index (χ2n) is 5.81. The van der Waals surface area contributed by atoms with Crippen LogP contribution in [-0.4, -0.2) is 12.3 Å². The lowest BCUT2D eigenvalue weighted by Gasteiger charge is -2.37. The molecule has 0 heterocycles. The molecule has 1 rings (SSSR count). The van der Waals surface area contributed by atoms with Crippen LogP contribution in [0.4, 0.5) is 0 Å². The van der Waals surface area contributed by atoms with Gasteiger partial charge in [-0.3, -0.25) is 4.79 Å². The van der Waals surface area contributed by atoms with Gasteiger partial charge in [0.05, 0.1) is 0 Å². The SMILES string of the molecule is CCC(C)CC(=O)C1(CN)CCC(C)CC1. The molecule has 2 heteroatoms. The predicted octanol–water partition coefficient (Wildman–Crippen LogP) is 3.15. The molecule has 1 unspecified atom stereocenters. The van der Waals surface area contributed by atoms with Gasteiger partial charge < -0.3 is 5.73 Å². The predicted molar refractivity (Wildman–Crippen MR) is 68.2 cm³/mol. The van der Waals surface area contributed by atoms with Gasteiger partial charge in [0.25, 0.3) is 0 Å². The summed E-state index contributed by atoms with van der Waals surface area (Å²) in [5.74, 6) is 1.71. The third-order valence-corrected chi connectivity index (χ3v) is 4.44. The molecule has 0 bridgehead atoms. The number of ketones is 1. The van der Waals surface area contributed by atoms with Crippen LogP contribution >= 0.6 is 0 Å². The van der Waals surface area contributed by atoms with Crippen molar-refractivity contribution in [2.75, 3.05) is 6.54 Å². The number of nitrogens with two attached hydrogens (primary N) is 1. The molecule has 1 aliphatic carbocycles. The van der Waals surface area contributed by atoms with E-state index in [4.69, 9.17) is 5.73 Å². The number of hydrogen-bond acceptors (Lipinski definition) is 2. The van der Waals surface area contributed by atoms with Crippen molar-refractivity contribution in [3.8, 4) is 0 Å². The smallest absolute Gasteiger partial charge is 0.140 e. The Kier molecular flexibility index (Phi) is 4.97. The van der Waals surface area contributed by atoms with E-state index >= 15 is 0 Å². The fourth-order valence-electron chi connectivity index (χ4n) is 2.59. The molecule has 0 aromatic rings. The van der Waals surface area contributed by atoms with Crippen LogP contribution in [0.3, 0.4) is 0 Å². The van der Waals surface area contributed by atoms with Crippen LogP contribution in [0.5, 0.6) is 0 Å². The Bertz CT molecular complexity index is 229. The standard InChI is InChI=1S/C14H27NO/c1-4-11(2)9-13(16)14(10-15)7-5-12(3)6-8-14/h11-12H,4-10,15H2,1-3H3. The van der Waals surface area contributed by atoms with E-state index in [9.17, 15) is 4.79 Å². The lowest BCUT2D eigenvalue weighted by atomic mass is 9.67. The van der Waals surface area contributed by atoms with Crippen LogP contribution in [0.2, 0.25) is 0 Å². The summed E-state index contributed by atoms with van der Waals surface area (Å²) in [6, 6.07) is 0. The van der Waals surface area contributed by atoms with E-state index < -0.39 is 0 Å². The van der Waals surface area contributed by atoms with Gasteiger partial charge in [0.1, 0.15) is 5.78 Å². The van der Waals surface area contributed by atoms with Crippen molar-refractivity contribution in [2.24, 2.45) is 23.0 Å². The minimum Gasteiger partial charge on any atom is -0.329 e. The zero-order valence-corrected chi connectivity index (χ0v) is 11.1. The lowest BCUT2D eigenvalue weighted by molar-refractivity contribution is -0.131. The molecule has 0 aromatic heterocycles. The van der Waals surface area contributed by atoms with Crippen molar-refractivity contribution in [3.63, 3.8) is 0 Å². The van der Waals surface area contributed by atoms with Crippen LogP contribution in [0.25, 0.3) is 0 Å². The van der Waals surface area contributed by atoms with Crippen molar-refractivity contribution in [3.05, 3.63) is 0 Å². The summed E-state index contributed by atoms with van der Waals surface area (Å²) < 4.78 is 0. The average Bonchev–Trinajstić information content (AvgIpc) is 2.30. The topological polar surface area (TPSA) is 43.1 Å². The van der Waals surface area contributed by atoms with Crippen LogP contribution < -0.4 is 5.73 Å². The van der Waals surface area contributed by atoms with E-state index in [-0.39, 0.29) is 5.41 Å². The Labute approximate surface area is 100.0 Å². The quantitative estimate of drug-likeness (QED) is 0.781. The highest BCUT2D eigenvalue weighted by molar-refractivity contribution is 5.85. The molecule has 94 valence electrons. The summed E-state index contributed by atoms with van der Waals surface area (Å²) in [5, 5.41) is 0. The maximum atomic E-state index is 12.3. The van der Waals surface area contributed by atoms with Gasteiger partial charge in [0, 0.05) is 18.4 Å². The normalized spacial score (nSPS) is 32.4. The zero-order valence-electron chi connectivity index (χ0n) is 11.1. The van der Waals surface area contributed by atoms with E-state index in [1.165, 1.54) is 12.8 Å². The highest BCUT2D eigenvalue weighted by Crippen LogP contribution is 2.40. The first-order chi connectivity index (χ1) is 7.54. The first-order valence-electron chi connectivity index (χ1n) is 6.77. The Morgan fingerprint density at radius 3 is 2.44 bits per heavy atom. The third-order valence-electron chi connectivity index (χ3n) is 4.44. The van der Waals surface area contributed by atoms with Gasteiger partial charge in [-0.05, 0) is 37.5 Å². The van der Waals surface area contributed by atoms with Crippen molar-refractivity contribution in [1.82, 2.24) is 0 Å². The summed E-state index contributed by atoms with van der Waals surface area (Å²) in [7, 11) is 0. The zero-order chi connectivity index (χ0) is 12.2. The van der Waals surface area contributed by atoms with Crippen molar-refractivity contribution in [1.29, 1.82) is 0 Å². The Morgan fingerprint density at radius 1 is 1.44 bits per heavy atom. The van der Waals surface area contributed by atoms with Crippen LogP contribution in [-0.2, 0) is 4.79 Å². The van der Waals surface area contributed by atoms with Gasteiger partial charge in [-0.15, -0.1) is 0 Å². The van der Waals surface area contributed by atoms with Gasteiger partial charge in [-0.2, -0.15) is 0 Å². The summed E-state index contributed by atoms with van der Waals surface area (Å²) in [5.41, 5.74) is 5.71. The Balaban J connectivity index is 2.62. The van der Waals surface area contributed by atoms with Crippen molar-refractivity contribution < 1.29 is 4.79 Å². The van der Waals surface area contributed by atoms with E-state index in [0.717, 1.165) is 31.6 Å². The van der Waals surface area contributed by atoms with E-state index in [2.05, 4.69) is 20.8 Å². The van der Waals surface area contributed by atoms with Gasteiger partial charge in [0.15, 0.2) is 0 Å². The molecule has 1 saturated carbocycles. The van der Waals surface area contributed by atoms with Crippen LogP contribution in [0, 0.1) is 17.3 Å². The number of hydrogen-bond donors (Lipinski definition) is 1. The molecule has 16 heavy (non-hydrogen) atoms. The fraction of sp³-hybridized carbons (Fsp3) is 0.929. The molecule has 1 aliphatic rings. The minimum atomic E-state index is -0.171. The maximum Gasteiger partial charge on any atom is 0.140 e. The highest BCUT2D eigenvalue weighted by Gasteiger charge is 2.39. The first kappa shape index (κ1) is 13.7. The van der Waals surface area contributed by atoms with Gasteiger partial charge >= 0.3 is 0 Å². The molecule has 0 spiro atoms. The van der Waals surface area contributed by atoms with E-state index in [1.54, 1.807) is 0 Å². The first-order valence-corrected chi connectivity index (χ1v) is 6.77. The number of carbonyl (C=O) groups excluding carboxylic acids is 1. The molecule has 2 nitrogen and oxygen atoms in total. The average molecular weight is 225 g/mol. The highest BCUT2D eigenvalue weighted by atomic mass is 16.1. The minimum absolute atomic E-state index is 0.171. The van der Waals surface area contributed by atoms with Gasteiger partial charge in [-0.25, -0.2) is 0 Å². The fourth-order valence-corrected chi connectivity index (χ4v) is 2.59. The van der Waals surface area contributed by atoms with Gasteiger partial charge in [0.2, 0.25) is 0 Å². The molecule has 0 saturated heterocycles. The second kappa shape index (κ2) is 5.81. The Hall–Kier alpha value is -0.370. The van der Waals surface area contributed by atoms with E-state index in [0.29, 0.717) is 18.2 Å². The largest absolute Gasteiger partial charge is 0.329 e. The number of carbonyl (C=O) groups is 1. The van der Waals surface area contributed by atoms with Crippen LogP contribution in [0.15, 0.2) is 0 Å². The number of Topliss-reactive ketones (excluding diaryl/α,β-unsaturated/α-hetero) is 1. The molecular formula is C14H27NO. The van der Waals surface area contributed by atoms with Crippen molar-refractivity contribution >= 4 is 5.78 Å². The van der Waals surface area contributed by atoms with Gasteiger partial charge in [-0.1, -0.05) is 27.2 Å². The summed E-state index contributed by atoms with van der Waals surface area (Å²) >= 11 is 0. The molecule has 1 atom stereocenters. The monoisotopic (exact) mass is 225 g/mol. The molecule has 2 N–H and O–H groups in total. The molecule has 1 fully saturated rings. The molecule has 0 aliphatic heterocycles. The summed E-state index contributed by atoms with van der Waals surface area (Å²) in [6.45, 7) is 7.14. The maximum absolute atomic E-state index is 12.3. The molecule has 0 aromatic carbocycles. The van der Waals surface area contributed by atoms with Crippen molar-refractivity contribution in [2.45, 2.75) is 59.3 Å². The summed E-state index contributed by atoms with van der Waals surface area (Å²) in [6.07, 6.45) is 6.18. The second-order valence-corrected chi connectivity index (χ2v) is 5.81. The molecular weight excluding hydrogens is 198 g/mol. The molecule has 0 amide bonds. The number of rotatable bonds is 5. The molecule has 0 radical (unpaired) electrons.